The van der Waals surface area contributed by atoms with E-state index in [1.807, 2.05) is 32.0 Å². The van der Waals surface area contributed by atoms with E-state index in [0.717, 1.165) is 0 Å². The van der Waals surface area contributed by atoms with Gasteiger partial charge in [-0.05, 0) is 30.0 Å². The lowest BCUT2D eigenvalue weighted by Crippen LogP contribution is -2.30. The predicted molar refractivity (Wildman–Crippen MR) is 184 cm³/mol. The molecular weight excluding hydrogens is 526 g/mol. The van der Waals surface area contributed by atoms with E-state index in [-0.39, 0.29) is 80.0 Å². The number of cyclic esters (lactones) is 2. The molecule has 42 heavy (non-hydrogen) atoms. The van der Waals surface area contributed by atoms with Gasteiger partial charge in [0.1, 0.15) is 0 Å². The lowest BCUT2D eigenvalue weighted by molar-refractivity contribution is -0.153. The molecule has 0 radical (unpaired) electrons. The minimum absolute atomic E-state index is 0. The minimum Gasteiger partial charge on any atom is -0.393 e. The Morgan fingerprint density at radius 1 is 0.619 bits per heavy atom. The fraction of sp³-hybridized carbons (Fsp3) is 0.556. The molecule has 2 heterocycles. The average Bonchev–Trinajstić information content (AvgIpc) is 3.26. The van der Waals surface area contributed by atoms with E-state index in [1.54, 1.807) is 39.8 Å². The van der Waals surface area contributed by atoms with Crippen molar-refractivity contribution >= 4 is 29.4 Å². The number of carbonyl (C=O) groups excluding carboxylic acids is 4. The summed E-state index contributed by atoms with van der Waals surface area (Å²) in [5.41, 5.74) is 2.12. The maximum atomic E-state index is 11.8. The van der Waals surface area contributed by atoms with Crippen LogP contribution in [0.25, 0.3) is 0 Å². The molecule has 5 unspecified atom stereocenters. The molecule has 6 nitrogen and oxygen atoms in total. The first-order valence-corrected chi connectivity index (χ1v) is 12.8. The molecule has 5 atom stereocenters. The summed E-state index contributed by atoms with van der Waals surface area (Å²) < 4.78 is 4.31. The molecule has 2 aromatic rings. The quantitative estimate of drug-likeness (QED) is 0.201. The second-order valence-electron chi connectivity index (χ2n) is 8.96. The first-order chi connectivity index (χ1) is 17.1. The van der Waals surface area contributed by atoms with Crippen LogP contribution in [0.15, 0.2) is 60.7 Å². The molecular formula is C36H65NO5. The zero-order valence-electron chi connectivity index (χ0n) is 22.9. The van der Waals surface area contributed by atoms with E-state index in [9.17, 15) is 19.2 Å². The van der Waals surface area contributed by atoms with Gasteiger partial charge in [-0.25, -0.2) is 0 Å². The third-order valence-corrected chi connectivity index (χ3v) is 6.66. The van der Waals surface area contributed by atoms with Crippen molar-refractivity contribution in [3.63, 3.8) is 0 Å². The fourth-order valence-corrected chi connectivity index (χ4v) is 3.49. The van der Waals surface area contributed by atoms with Crippen molar-refractivity contribution in [1.82, 2.24) is 0 Å². The monoisotopic (exact) mass is 591 g/mol. The number of esters is 2. The molecule has 2 amide bonds. The number of hydrogen-bond acceptors (Lipinski definition) is 5. The molecule has 2 aliphatic heterocycles. The molecule has 244 valence electrons. The highest BCUT2D eigenvalue weighted by Crippen LogP contribution is 2.30. The number of carbonyl (C=O) groups is 4. The highest BCUT2D eigenvalue weighted by Gasteiger charge is 2.42. The second-order valence-corrected chi connectivity index (χ2v) is 8.96. The van der Waals surface area contributed by atoms with E-state index >= 15 is 0 Å². The zero-order valence-corrected chi connectivity index (χ0v) is 22.9. The molecule has 0 saturated carbocycles. The number of ether oxygens (including phenoxy) is 1. The number of amides is 2. The second kappa shape index (κ2) is 25.4. The highest BCUT2D eigenvalue weighted by molar-refractivity contribution is 6.21. The number of hydrogen-bond donors (Lipinski definition) is 0. The van der Waals surface area contributed by atoms with Gasteiger partial charge in [0, 0.05) is 11.8 Å². The van der Waals surface area contributed by atoms with Crippen molar-refractivity contribution in [2.24, 2.45) is 23.7 Å². The van der Waals surface area contributed by atoms with E-state index in [2.05, 4.69) is 48.9 Å². The van der Waals surface area contributed by atoms with Crippen molar-refractivity contribution in [1.29, 1.82) is 0 Å². The van der Waals surface area contributed by atoms with Crippen LogP contribution < -0.4 is 4.90 Å². The highest BCUT2D eigenvalue weighted by atomic mass is 16.6. The normalized spacial score (nSPS) is 20.0. The first kappa shape index (κ1) is 51.5. The average molecular weight is 592 g/mol. The van der Waals surface area contributed by atoms with E-state index in [0.29, 0.717) is 11.6 Å². The van der Waals surface area contributed by atoms with E-state index in [1.165, 1.54) is 16.9 Å². The standard InChI is InChI=1S/C12H13NO2.C10H14.C6H8O3.C2H6.6CH4/c1-8-9(2)12(15)13(11(8)14)10-6-4-3-5-7-10;1-3-9(2)10-7-5-4-6-8-10;1-3-4(2)6(8)9-5(3)7;1-2;;;;;;/h3-9H,1-2H3;4-9H,3H2,1-2H3;3-4H,1-2H3;1-2H3;6*1H4. The molecule has 0 bridgehead atoms. The fourth-order valence-electron chi connectivity index (χ4n) is 3.49. The maximum absolute atomic E-state index is 11.8. The van der Waals surface area contributed by atoms with Crippen LogP contribution in [-0.2, 0) is 23.9 Å². The topological polar surface area (TPSA) is 80.8 Å². The number of rotatable bonds is 3. The lowest BCUT2D eigenvalue weighted by Gasteiger charge is -2.13. The van der Waals surface area contributed by atoms with Gasteiger partial charge in [0.05, 0.1) is 17.5 Å². The Morgan fingerprint density at radius 2 is 0.952 bits per heavy atom. The minimum atomic E-state index is -0.396. The molecule has 2 aromatic carbocycles. The smallest absolute Gasteiger partial charge is 0.317 e. The van der Waals surface area contributed by atoms with Crippen molar-refractivity contribution in [2.45, 2.75) is 112 Å². The summed E-state index contributed by atoms with van der Waals surface area (Å²) in [6.07, 6.45) is 1.23. The SMILES string of the molecule is C.C.C.C.C.C.CC.CC1C(=O)N(c2ccccc2)C(=O)C1C.CC1C(=O)OC(=O)C1C.CCC(C)c1ccccc1. The predicted octanol–water partition coefficient (Wildman–Crippen LogP) is 10.2. The van der Waals surface area contributed by atoms with Crippen molar-refractivity contribution in [2.75, 3.05) is 4.90 Å². The number of imide groups is 1. The van der Waals surface area contributed by atoms with E-state index < -0.39 is 11.9 Å². The summed E-state index contributed by atoms with van der Waals surface area (Å²) in [6.45, 7) is 15.5. The molecule has 0 N–H and O–H groups in total. The van der Waals surface area contributed by atoms with Crippen LogP contribution in [0.2, 0.25) is 0 Å². The van der Waals surface area contributed by atoms with E-state index in [4.69, 9.17) is 0 Å². The van der Waals surface area contributed by atoms with Gasteiger partial charge in [0.2, 0.25) is 11.8 Å². The van der Waals surface area contributed by atoms with Gasteiger partial charge >= 0.3 is 11.9 Å². The number of benzene rings is 2. The van der Waals surface area contributed by atoms with Crippen molar-refractivity contribution in [3.05, 3.63) is 66.2 Å². The summed E-state index contributed by atoms with van der Waals surface area (Å²) in [5, 5.41) is 0. The number of nitrogens with zero attached hydrogens (tertiary/aromatic N) is 1. The zero-order chi connectivity index (χ0) is 27.4. The van der Waals surface area contributed by atoms with Gasteiger partial charge in [0.25, 0.3) is 0 Å². The maximum Gasteiger partial charge on any atom is 0.317 e. The Kier molecular flexibility index (Phi) is 31.2. The molecule has 4 rings (SSSR count). The Hall–Kier alpha value is -3.28. The van der Waals surface area contributed by atoms with Crippen LogP contribution in [-0.4, -0.2) is 23.8 Å². The van der Waals surface area contributed by atoms with Gasteiger partial charge in [-0.2, -0.15) is 0 Å². The summed E-state index contributed by atoms with van der Waals surface area (Å²) >= 11 is 0. The Labute approximate surface area is 260 Å². The molecule has 0 spiro atoms. The number of anilines is 1. The molecule has 2 aliphatic rings. The summed E-state index contributed by atoms with van der Waals surface area (Å²) in [4.78, 5) is 46.1. The Balaban J connectivity index is -0.000000108. The third kappa shape index (κ3) is 13.6. The van der Waals surface area contributed by atoms with Crippen LogP contribution in [0.5, 0.6) is 0 Å². The van der Waals surface area contributed by atoms with Gasteiger partial charge in [-0.1, -0.05) is 148 Å². The van der Waals surface area contributed by atoms with Crippen LogP contribution in [0.4, 0.5) is 5.69 Å². The van der Waals surface area contributed by atoms with Gasteiger partial charge in [-0.15, -0.1) is 0 Å². The molecule has 2 fully saturated rings. The van der Waals surface area contributed by atoms with Gasteiger partial charge in [0.15, 0.2) is 0 Å². The molecule has 0 aromatic heterocycles. The van der Waals surface area contributed by atoms with Crippen molar-refractivity contribution in [3.8, 4) is 0 Å². The lowest BCUT2D eigenvalue weighted by atomic mass is 9.99. The van der Waals surface area contributed by atoms with Crippen LogP contribution >= 0.6 is 0 Å². The summed E-state index contributed by atoms with van der Waals surface area (Å²) in [6, 6.07) is 19.7. The summed E-state index contributed by atoms with van der Waals surface area (Å²) in [5.74, 6) is -1.20. The third-order valence-electron chi connectivity index (χ3n) is 6.66. The largest absolute Gasteiger partial charge is 0.393 e. The van der Waals surface area contributed by atoms with Crippen LogP contribution in [0.1, 0.15) is 118 Å². The molecule has 0 aliphatic carbocycles. The van der Waals surface area contributed by atoms with Crippen LogP contribution in [0, 0.1) is 23.7 Å². The summed E-state index contributed by atoms with van der Waals surface area (Å²) in [7, 11) is 0. The Morgan fingerprint density at radius 3 is 1.24 bits per heavy atom. The molecule has 6 heteroatoms. The van der Waals surface area contributed by atoms with Gasteiger partial charge in [-0.3, -0.25) is 24.1 Å². The first-order valence-electron chi connectivity index (χ1n) is 12.8. The van der Waals surface area contributed by atoms with Crippen molar-refractivity contribution < 1.29 is 23.9 Å². The molecule has 2 saturated heterocycles. The van der Waals surface area contributed by atoms with Crippen LogP contribution in [0.3, 0.4) is 0 Å². The number of para-hydroxylation sites is 1. The Bertz CT molecular complexity index is 952. The van der Waals surface area contributed by atoms with Gasteiger partial charge < -0.3 is 4.74 Å².